The monoisotopic (exact) mass is 993 g/mol. The third kappa shape index (κ3) is 5.57. The van der Waals surface area contributed by atoms with Crippen molar-refractivity contribution in [1.82, 2.24) is 0 Å². The molecule has 4 aliphatic rings. The minimum absolute atomic E-state index is 0.175. The summed E-state index contributed by atoms with van der Waals surface area (Å²) in [5.41, 5.74) is 32.1. The van der Waals surface area contributed by atoms with Gasteiger partial charge in [-0.3, -0.25) is 0 Å². The molecular formula is C74H59NO2. The zero-order valence-corrected chi connectivity index (χ0v) is 45.5. The Morgan fingerprint density at radius 1 is 0.338 bits per heavy atom. The predicted molar refractivity (Wildman–Crippen MR) is 321 cm³/mol. The summed E-state index contributed by atoms with van der Waals surface area (Å²) in [4.78, 5) is 2.58. The van der Waals surface area contributed by atoms with Crippen LogP contribution in [0.25, 0.3) is 99.5 Å². The van der Waals surface area contributed by atoms with Gasteiger partial charge in [-0.15, -0.1) is 0 Å². The van der Waals surface area contributed by atoms with Crippen molar-refractivity contribution in [3.8, 4) is 55.6 Å². The number of para-hydroxylation sites is 2. The van der Waals surface area contributed by atoms with Crippen LogP contribution in [0.15, 0.2) is 185 Å². The maximum absolute atomic E-state index is 7.13. The number of nitrogens with zero attached hydrogens (tertiary/aromatic N) is 1. The van der Waals surface area contributed by atoms with Gasteiger partial charge in [0.25, 0.3) is 0 Å². The molecular weight excluding hydrogens is 935 g/mol. The van der Waals surface area contributed by atoms with Crippen molar-refractivity contribution in [2.24, 2.45) is 0 Å². The van der Waals surface area contributed by atoms with E-state index in [1.807, 2.05) is 0 Å². The molecule has 0 bridgehead atoms. The fraction of sp³-hybridized carbons (Fsp3) is 0.189. The van der Waals surface area contributed by atoms with Gasteiger partial charge in [0.05, 0.1) is 5.69 Å². The molecule has 0 unspecified atom stereocenters. The lowest BCUT2D eigenvalue weighted by molar-refractivity contribution is 0.600. The van der Waals surface area contributed by atoms with E-state index >= 15 is 0 Å². The van der Waals surface area contributed by atoms with Gasteiger partial charge in [0.2, 0.25) is 0 Å². The molecule has 10 aromatic carbocycles. The highest BCUT2D eigenvalue weighted by molar-refractivity contribution is 6.22. The van der Waals surface area contributed by atoms with Gasteiger partial charge in [0.1, 0.15) is 22.3 Å². The normalized spacial score (nSPS) is 16.1. The molecule has 0 fully saturated rings. The third-order valence-corrected chi connectivity index (χ3v) is 19.2. The number of hydrogen-bond acceptors (Lipinski definition) is 3. The van der Waals surface area contributed by atoms with E-state index in [4.69, 9.17) is 8.83 Å². The first-order chi connectivity index (χ1) is 37.1. The number of fused-ring (bicyclic) bond motifs is 22. The molecule has 12 aromatic rings. The van der Waals surface area contributed by atoms with Crippen LogP contribution in [-0.4, -0.2) is 0 Å². The van der Waals surface area contributed by atoms with Gasteiger partial charge in [-0.2, -0.15) is 0 Å². The lowest BCUT2D eigenvalue weighted by Crippen LogP contribution is -2.24. The van der Waals surface area contributed by atoms with E-state index in [1.54, 1.807) is 0 Å². The summed E-state index contributed by atoms with van der Waals surface area (Å²) in [6.45, 7) is 23.8. The minimum Gasteiger partial charge on any atom is -0.455 e. The second-order valence-electron chi connectivity index (χ2n) is 24.9. The van der Waals surface area contributed by atoms with Gasteiger partial charge in [-0.05, 0) is 151 Å². The van der Waals surface area contributed by atoms with Crippen LogP contribution in [0.1, 0.15) is 111 Å². The first-order valence-electron chi connectivity index (χ1n) is 27.6. The molecule has 16 rings (SSSR count). The van der Waals surface area contributed by atoms with Crippen molar-refractivity contribution < 1.29 is 8.83 Å². The molecule has 2 heterocycles. The van der Waals surface area contributed by atoms with Crippen molar-refractivity contribution in [3.63, 3.8) is 0 Å². The van der Waals surface area contributed by atoms with E-state index in [2.05, 4.69) is 250 Å². The van der Waals surface area contributed by atoms with Crippen LogP contribution >= 0.6 is 0 Å². The second-order valence-corrected chi connectivity index (χ2v) is 24.9. The highest BCUT2D eigenvalue weighted by atomic mass is 16.3. The fourth-order valence-electron chi connectivity index (χ4n) is 15.5. The summed E-state index contributed by atoms with van der Waals surface area (Å²) in [5.74, 6) is 0. The number of benzene rings is 10. The van der Waals surface area contributed by atoms with Crippen LogP contribution in [-0.2, 0) is 21.7 Å². The molecule has 3 heteroatoms. The van der Waals surface area contributed by atoms with Gasteiger partial charge in [0.15, 0.2) is 0 Å². The highest BCUT2D eigenvalue weighted by Crippen LogP contribution is 2.65. The average molecular weight is 994 g/mol. The Bertz CT molecular complexity index is 4660. The topological polar surface area (TPSA) is 29.5 Å². The maximum atomic E-state index is 7.13. The molecule has 0 saturated carbocycles. The van der Waals surface area contributed by atoms with E-state index in [0.29, 0.717) is 0 Å². The van der Waals surface area contributed by atoms with Crippen molar-refractivity contribution in [1.29, 1.82) is 0 Å². The first kappa shape index (κ1) is 44.9. The molecule has 0 atom stereocenters. The second kappa shape index (κ2) is 14.7. The number of furan rings is 2. The molecule has 372 valence electrons. The lowest BCUT2D eigenvalue weighted by atomic mass is 9.72. The molecule has 77 heavy (non-hydrogen) atoms. The molecule has 0 spiro atoms. The minimum atomic E-state index is -0.371. The average Bonchev–Trinajstić information content (AvgIpc) is 4.25. The van der Waals surface area contributed by atoms with E-state index < -0.39 is 0 Å². The van der Waals surface area contributed by atoms with E-state index in [-0.39, 0.29) is 21.7 Å². The summed E-state index contributed by atoms with van der Waals surface area (Å²) in [6.07, 6.45) is 0. The summed E-state index contributed by atoms with van der Waals surface area (Å²) in [6, 6.07) is 66.3. The van der Waals surface area contributed by atoms with Gasteiger partial charge < -0.3 is 13.7 Å². The SMILES string of the molecule is Cc1ccc(-c2cc3c(c4c2oc2ccccc24)-c2ccc(N(c4ccc5c(c4)C(C)(C)c4c6c(c7c(oc8ccccc87)c4-5)-c4ccccc4C6(C)C)c4cccc5c4-c4ccccc4C5(C)C)cc2C3(C)C)c(C)c1. The van der Waals surface area contributed by atoms with Crippen molar-refractivity contribution in [3.05, 3.63) is 232 Å². The Balaban J connectivity index is 0.951. The van der Waals surface area contributed by atoms with Crippen LogP contribution in [0.5, 0.6) is 0 Å². The Hall–Kier alpha value is -8.40. The van der Waals surface area contributed by atoms with Crippen LogP contribution < -0.4 is 4.90 Å². The Morgan fingerprint density at radius 3 is 1.51 bits per heavy atom. The van der Waals surface area contributed by atoms with E-state index in [0.717, 1.165) is 44.7 Å². The van der Waals surface area contributed by atoms with Gasteiger partial charge in [-0.1, -0.05) is 188 Å². The van der Waals surface area contributed by atoms with Gasteiger partial charge >= 0.3 is 0 Å². The summed E-state index contributed by atoms with van der Waals surface area (Å²) in [5, 5.41) is 4.75. The first-order valence-corrected chi connectivity index (χ1v) is 27.6. The van der Waals surface area contributed by atoms with Crippen LogP contribution in [0.2, 0.25) is 0 Å². The van der Waals surface area contributed by atoms with Crippen LogP contribution in [0.4, 0.5) is 17.1 Å². The van der Waals surface area contributed by atoms with Gasteiger partial charge in [0, 0.05) is 71.3 Å². The summed E-state index contributed by atoms with van der Waals surface area (Å²) < 4.78 is 14.1. The summed E-state index contributed by atoms with van der Waals surface area (Å²) in [7, 11) is 0. The number of rotatable bonds is 4. The zero-order chi connectivity index (χ0) is 52.4. The highest BCUT2D eigenvalue weighted by Gasteiger charge is 2.49. The molecule has 0 saturated heterocycles. The molecule has 4 aliphatic carbocycles. The Labute approximate surface area is 450 Å². The van der Waals surface area contributed by atoms with E-state index in [9.17, 15) is 0 Å². The third-order valence-electron chi connectivity index (χ3n) is 19.2. The number of hydrogen-bond donors (Lipinski definition) is 0. The zero-order valence-electron chi connectivity index (χ0n) is 45.5. The maximum Gasteiger partial charge on any atom is 0.144 e. The lowest BCUT2D eigenvalue weighted by Gasteiger charge is -2.32. The molecule has 0 amide bonds. The Kier molecular flexibility index (Phi) is 8.59. The van der Waals surface area contributed by atoms with Crippen molar-refractivity contribution in [2.45, 2.75) is 90.9 Å². The standard InChI is InChI=1S/C74H59NO2/c1-40-30-33-44(41(2)36-40)51-39-57-62(64-49-22-13-17-28-59(49)76-69(51)64)47-34-31-42(37-55(47)72(57,5)6)75(58-27-19-26-54-61(58)45-20-11-15-24-52(45)71(54,3)4)43-32-35-48-56(38-43)74(9,10)68-66(48)70-65(50-23-14-18-29-60(50)77-70)63-46-21-12-16-25-53(46)73(7,8)67(63)68/h11-39H,1-10H3. The number of aryl methyl sites for hydroxylation is 2. The molecule has 0 radical (unpaired) electrons. The molecule has 3 nitrogen and oxygen atoms in total. The fourth-order valence-corrected chi connectivity index (χ4v) is 15.5. The summed E-state index contributed by atoms with van der Waals surface area (Å²) >= 11 is 0. The van der Waals surface area contributed by atoms with E-state index in [1.165, 1.54) is 128 Å². The number of anilines is 3. The predicted octanol–water partition coefficient (Wildman–Crippen LogP) is 20.5. The van der Waals surface area contributed by atoms with Crippen molar-refractivity contribution in [2.75, 3.05) is 4.90 Å². The quantitative estimate of drug-likeness (QED) is 0.176. The molecule has 2 aromatic heterocycles. The molecule has 0 aliphatic heterocycles. The van der Waals surface area contributed by atoms with Crippen molar-refractivity contribution >= 4 is 60.9 Å². The van der Waals surface area contributed by atoms with Gasteiger partial charge in [-0.25, -0.2) is 0 Å². The molecule has 0 N–H and O–H groups in total. The van der Waals surface area contributed by atoms with Crippen LogP contribution in [0, 0.1) is 13.8 Å². The largest absolute Gasteiger partial charge is 0.455 e. The van der Waals surface area contributed by atoms with Crippen LogP contribution in [0.3, 0.4) is 0 Å². The Morgan fingerprint density at radius 2 is 0.831 bits per heavy atom. The smallest absolute Gasteiger partial charge is 0.144 e.